The Labute approximate surface area is 119 Å². The van der Waals surface area contributed by atoms with Crippen molar-refractivity contribution in [2.24, 2.45) is 5.92 Å². The van der Waals surface area contributed by atoms with Crippen LogP contribution in [0.15, 0.2) is 18.2 Å². The Balaban J connectivity index is 3.04. The standard InChI is InChI=1S/C15H21N3O2/c1-11(2)10-18(8-4-7-16)15(19)13-9-12(17)5-6-14(13)20-3/h5-6,9,11H,4,8,10,17H2,1-3H3. The Bertz CT molecular complexity index is 506. The Morgan fingerprint density at radius 2 is 2.20 bits per heavy atom. The maximum Gasteiger partial charge on any atom is 0.257 e. The van der Waals surface area contributed by atoms with Crippen LogP contribution >= 0.6 is 0 Å². The van der Waals surface area contributed by atoms with Gasteiger partial charge in [0.2, 0.25) is 0 Å². The molecule has 0 aliphatic heterocycles. The minimum atomic E-state index is -0.155. The molecular formula is C15H21N3O2. The molecule has 2 N–H and O–H groups in total. The number of rotatable bonds is 6. The van der Waals surface area contributed by atoms with E-state index in [4.69, 9.17) is 15.7 Å². The van der Waals surface area contributed by atoms with Crippen molar-refractivity contribution in [3.8, 4) is 11.8 Å². The number of amides is 1. The van der Waals surface area contributed by atoms with Gasteiger partial charge in [0.05, 0.1) is 25.2 Å². The Morgan fingerprint density at radius 3 is 2.75 bits per heavy atom. The van der Waals surface area contributed by atoms with Crippen LogP contribution in [0.3, 0.4) is 0 Å². The molecule has 0 aliphatic rings. The summed E-state index contributed by atoms with van der Waals surface area (Å²) in [5, 5.41) is 8.71. The fraction of sp³-hybridized carbons (Fsp3) is 0.467. The summed E-state index contributed by atoms with van der Waals surface area (Å²) >= 11 is 0. The molecule has 20 heavy (non-hydrogen) atoms. The zero-order valence-electron chi connectivity index (χ0n) is 12.2. The zero-order valence-corrected chi connectivity index (χ0v) is 12.2. The summed E-state index contributed by atoms with van der Waals surface area (Å²) in [4.78, 5) is 14.3. The molecule has 0 unspecified atom stereocenters. The van der Waals surface area contributed by atoms with E-state index >= 15 is 0 Å². The van der Waals surface area contributed by atoms with Crippen LogP contribution in [-0.2, 0) is 0 Å². The number of methoxy groups -OCH3 is 1. The number of ether oxygens (including phenoxy) is 1. The number of hydrogen-bond acceptors (Lipinski definition) is 4. The first-order chi connectivity index (χ1) is 9.49. The lowest BCUT2D eigenvalue weighted by atomic mass is 10.1. The van der Waals surface area contributed by atoms with Crippen LogP contribution in [-0.4, -0.2) is 31.0 Å². The SMILES string of the molecule is COc1ccc(N)cc1C(=O)N(CCC#N)CC(C)C. The highest BCUT2D eigenvalue weighted by Crippen LogP contribution is 2.23. The number of hydrogen-bond donors (Lipinski definition) is 1. The van der Waals surface area contributed by atoms with Gasteiger partial charge in [-0.2, -0.15) is 5.26 Å². The van der Waals surface area contributed by atoms with Crippen molar-refractivity contribution in [3.05, 3.63) is 23.8 Å². The van der Waals surface area contributed by atoms with Crippen molar-refractivity contribution in [2.75, 3.05) is 25.9 Å². The second-order valence-corrected chi connectivity index (χ2v) is 5.01. The third kappa shape index (κ3) is 4.16. The first-order valence-corrected chi connectivity index (χ1v) is 6.59. The minimum absolute atomic E-state index is 0.155. The van der Waals surface area contributed by atoms with Crippen molar-refractivity contribution < 1.29 is 9.53 Å². The topological polar surface area (TPSA) is 79.3 Å². The molecule has 0 radical (unpaired) electrons. The molecule has 0 spiro atoms. The molecule has 0 aromatic heterocycles. The summed E-state index contributed by atoms with van der Waals surface area (Å²) in [5.74, 6) is 0.665. The minimum Gasteiger partial charge on any atom is -0.496 e. The van der Waals surface area contributed by atoms with Crippen LogP contribution in [0.1, 0.15) is 30.6 Å². The zero-order chi connectivity index (χ0) is 15.1. The van der Waals surface area contributed by atoms with Crippen LogP contribution in [0.25, 0.3) is 0 Å². The second kappa shape index (κ2) is 7.39. The van der Waals surface area contributed by atoms with E-state index in [1.54, 1.807) is 23.1 Å². The molecule has 0 fully saturated rings. The highest BCUT2D eigenvalue weighted by atomic mass is 16.5. The van der Waals surface area contributed by atoms with Crippen LogP contribution in [0.2, 0.25) is 0 Å². The van der Waals surface area contributed by atoms with Crippen LogP contribution in [0, 0.1) is 17.2 Å². The molecule has 0 atom stereocenters. The molecule has 1 aromatic rings. The predicted molar refractivity (Wildman–Crippen MR) is 78.4 cm³/mol. The summed E-state index contributed by atoms with van der Waals surface area (Å²) in [6.07, 6.45) is 0.309. The third-order valence-corrected chi connectivity index (χ3v) is 2.82. The van der Waals surface area contributed by atoms with Crippen molar-refractivity contribution >= 4 is 11.6 Å². The molecule has 0 heterocycles. The maximum absolute atomic E-state index is 12.6. The quantitative estimate of drug-likeness (QED) is 0.808. The molecule has 1 rings (SSSR count). The van der Waals surface area contributed by atoms with E-state index in [0.29, 0.717) is 42.4 Å². The Morgan fingerprint density at radius 1 is 1.50 bits per heavy atom. The number of nitriles is 1. The van der Waals surface area contributed by atoms with E-state index in [2.05, 4.69) is 6.07 Å². The highest BCUT2D eigenvalue weighted by Gasteiger charge is 2.20. The van der Waals surface area contributed by atoms with E-state index in [1.165, 1.54) is 7.11 Å². The number of benzene rings is 1. The van der Waals surface area contributed by atoms with Crippen LogP contribution in [0.5, 0.6) is 5.75 Å². The van der Waals surface area contributed by atoms with Gasteiger partial charge in [0, 0.05) is 18.8 Å². The molecular weight excluding hydrogens is 254 g/mol. The van der Waals surface area contributed by atoms with Gasteiger partial charge in [-0.3, -0.25) is 4.79 Å². The van der Waals surface area contributed by atoms with Crippen LogP contribution < -0.4 is 10.5 Å². The smallest absolute Gasteiger partial charge is 0.257 e. The monoisotopic (exact) mass is 275 g/mol. The molecule has 1 aromatic carbocycles. The summed E-state index contributed by atoms with van der Waals surface area (Å²) in [6.45, 7) is 5.07. The van der Waals surface area contributed by atoms with Gasteiger partial charge in [0.1, 0.15) is 5.75 Å². The Hall–Kier alpha value is -2.22. The van der Waals surface area contributed by atoms with Gasteiger partial charge in [-0.15, -0.1) is 0 Å². The third-order valence-electron chi connectivity index (χ3n) is 2.82. The number of nitrogens with two attached hydrogens (primary N) is 1. The molecule has 5 heteroatoms. The maximum atomic E-state index is 12.6. The Kier molecular flexibility index (Phi) is 5.85. The van der Waals surface area contributed by atoms with E-state index in [0.717, 1.165) is 0 Å². The normalized spacial score (nSPS) is 10.2. The number of nitrogen functional groups attached to an aromatic ring is 1. The van der Waals surface area contributed by atoms with Gasteiger partial charge in [0.15, 0.2) is 0 Å². The first-order valence-electron chi connectivity index (χ1n) is 6.59. The molecule has 0 aliphatic carbocycles. The molecule has 1 amide bonds. The average molecular weight is 275 g/mol. The van der Waals surface area contributed by atoms with E-state index in [-0.39, 0.29) is 5.91 Å². The van der Waals surface area contributed by atoms with Gasteiger partial charge in [-0.05, 0) is 24.1 Å². The second-order valence-electron chi connectivity index (χ2n) is 5.01. The van der Waals surface area contributed by atoms with Crippen molar-refractivity contribution in [3.63, 3.8) is 0 Å². The lowest BCUT2D eigenvalue weighted by Gasteiger charge is -2.24. The van der Waals surface area contributed by atoms with Gasteiger partial charge < -0.3 is 15.4 Å². The molecule has 108 valence electrons. The number of nitrogens with zero attached hydrogens (tertiary/aromatic N) is 2. The summed E-state index contributed by atoms with van der Waals surface area (Å²) in [7, 11) is 1.52. The van der Waals surface area contributed by atoms with Crippen LogP contribution in [0.4, 0.5) is 5.69 Å². The number of anilines is 1. The van der Waals surface area contributed by atoms with E-state index in [1.807, 2.05) is 13.8 Å². The van der Waals surface area contributed by atoms with Gasteiger partial charge in [-0.1, -0.05) is 13.8 Å². The molecule has 0 bridgehead atoms. The lowest BCUT2D eigenvalue weighted by Crippen LogP contribution is -2.35. The average Bonchev–Trinajstić information content (AvgIpc) is 2.42. The lowest BCUT2D eigenvalue weighted by molar-refractivity contribution is 0.0736. The summed E-state index contributed by atoms with van der Waals surface area (Å²) in [5.41, 5.74) is 6.69. The number of carbonyl (C=O) groups is 1. The predicted octanol–water partition coefficient (Wildman–Crippen LogP) is 2.29. The fourth-order valence-electron chi connectivity index (χ4n) is 1.96. The van der Waals surface area contributed by atoms with Crippen molar-refractivity contribution in [2.45, 2.75) is 20.3 Å². The van der Waals surface area contributed by atoms with Gasteiger partial charge in [-0.25, -0.2) is 0 Å². The van der Waals surface area contributed by atoms with Crippen molar-refractivity contribution in [1.82, 2.24) is 4.90 Å². The molecule has 0 saturated carbocycles. The summed E-state index contributed by atoms with van der Waals surface area (Å²) < 4.78 is 5.21. The largest absolute Gasteiger partial charge is 0.496 e. The van der Waals surface area contributed by atoms with E-state index in [9.17, 15) is 4.79 Å². The summed E-state index contributed by atoms with van der Waals surface area (Å²) in [6, 6.07) is 7.05. The van der Waals surface area contributed by atoms with Crippen molar-refractivity contribution in [1.29, 1.82) is 5.26 Å². The number of carbonyl (C=O) groups excluding carboxylic acids is 1. The van der Waals surface area contributed by atoms with E-state index < -0.39 is 0 Å². The fourth-order valence-corrected chi connectivity index (χ4v) is 1.96. The molecule has 5 nitrogen and oxygen atoms in total. The molecule has 0 saturated heterocycles. The first kappa shape index (κ1) is 15.8. The highest BCUT2D eigenvalue weighted by molar-refractivity contribution is 5.97. The van der Waals surface area contributed by atoms with Gasteiger partial charge in [0.25, 0.3) is 5.91 Å². The van der Waals surface area contributed by atoms with Gasteiger partial charge >= 0.3 is 0 Å².